The van der Waals surface area contributed by atoms with Gasteiger partial charge >= 0.3 is 0 Å². The quantitative estimate of drug-likeness (QED) is 0.895. The average Bonchev–Trinajstić information content (AvgIpc) is 3.05. The Morgan fingerprint density at radius 3 is 2.94 bits per heavy atom. The maximum absolute atomic E-state index is 6.42. The highest BCUT2D eigenvalue weighted by Crippen LogP contribution is 2.34. The van der Waals surface area contributed by atoms with Crippen LogP contribution in [0.4, 0.5) is 0 Å². The van der Waals surface area contributed by atoms with Gasteiger partial charge in [0.05, 0.1) is 6.17 Å². The second-order valence-corrected chi connectivity index (χ2v) is 5.11. The van der Waals surface area contributed by atoms with E-state index in [-0.39, 0.29) is 6.17 Å². The van der Waals surface area contributed by atoms with E-state index in [0.29, 0.717) is 5.92 Å². The fourth-order valence-corrected chi connectivity index (χ4v) is 3.02. The molecule has 18 heavy (non-hydrogen) atoms. The Bertz CT molecular complexity index is 564. The van der Waals surface area contributed by atoms with Crippen molar-refractivity contribution in [3.05, 3.63) is 36.7 Å². The van der Waals surface area contributed by atoms with Crippen LogP contribution in [0.25, 0.3) is 17.1 Å². The Morgan fingerprint density at radius 2 is 2.22 bits per heavy atom. The molecular formula is C15H19N3. The van der Waals surface area contributed by atoms with Gasteiger partial charge in [0.25, 0.3) is 0 Å². The van der Waals surface area contributed by atoms with Crippen LogP contribution in [-0.4, -0.2) is 9.55 Å². The lowest BCUT2D eigenvalue weighted by Crippen LogP contribution is -2.25. The minimum Gasteiger partial charge on any atom is -0.316 e. The maximum atomic E-state index is 6.42. The number of pyridine rings is 1. The molecule has 1 atom stereocenters. The fourth-order valence-electron chi connectivity index (χ4n) is 3.02. The Hall–Kier alpha value is -1.61. The molecule has 3 nitrogen and oxygen atoms in total. The van der Waals surface area contributed by atoms with Gasteiger partial charge in [-0.05, 0) is 30.9 Å². The van der Waals surface area contributed by atoms with Crippen LogP contribution in [0.1, 0.15) is 37.4 Å². The van der Waals surface area contributed by atoms with E-state index in [2.05, 4.69) is 28.4 Å². The van der Waals surface area contributed by atoms with Gasteiger partial charge in [-0.3, -0.25) is 0 Å². The van der Waals surface area contributed by atoms with Crippen molar-refractivity contribution < 1.29 is 0 Å². The van der Waals surface area contributed by atoms with E-state index < -0.39 is 0 Å². The first kappa shape index (κ1) is 11.5. The van der Waals surface area contributed by atoms with Crippen LogP contribution in [0.15, 0.2) is 31.1 Å². The largest absolute Gasteiger partial charge is 0.316 e. The second-order valence-electron chi connectivity index (χ2n) is 5.11. The Labute approximate surface area is 107 Å². The predicted octanol–water partition coefficient (Wildman–Crippen LogP) is 3.33. The monoisotopic (exact) mass is 241 g/mol. The van der Waals surface area contributed by atoms with Crippen molar-refractivity contribution in [2.75, 3.05) is 0 Å². The molecule has 0 aromatic carbocycles. The summed E-state index contributed by atoms with van der Waals surface area (Å²) in [6.07, 6.45) is 10.9. The Kier molecular flexibility index (Phi) is 2.92. The van der Waals surface area contributed by atoms with Gasteiger partial charge in [0.1, 0.15) is 5.65 Å². The zero-order valence-electron chi connectivity index (χ0n) is 10.5. The highest BCUT2D eigenvalue weighted by molar-refractivity contribution is 5.86. The summed E-state index contributed by atoms with van der Waals surface area (Å²) in [5.41, 5.74) is 8.52. The summed E-state index contributed by atoms with van der Waals surface area (Å²) in [6.45, 7) is 3.87. The van der Waals surface area contributed by atoms with Crippen molar-refractivity contribution in [2.24, 2.45) is 11.7 Å². The highest BCUT2D eigenvalue weighted by atomic mass is 15.1. The van der Waals surface area contributed by atoms with E-state index in [1.807, 2.05) is 18.3 Å². The van der Waals surface area contributed by atoms with E-state index in [4.69, 9.17) is 5.73 Å². The summed E-state index contributed by atoms with van der Waals surface area (Å²) in [7, 11) is 0. The molecular weight excluding hydrogens is 222 g/mol. The molecule has 2 N–H and O–H groups in total. The smallest absolute Gasteiger partial charge is 0.141 e. The molecule has 1 aliphatic rings. The van der Waals surface area contributed by atoms with Gasteiger partial charge in [-0.2, -0.15) is 0 Å². The highest BCUT2D eigenvalue weighted by Gasteiger charge is 2.24. The topological polar surface area (TPSA) is 43.8 Å². The van der Waals surface area contributed by atoms with Crippen molar-refractivity contribution >= 4 is 17.1 Å². The molecule has 3 rings (SSSR count). The zero-order chi connectivity index (χ0) is 12.5. The minimum atomic E-state index is 0.0404. The van der Waals surface area contributed by atoms with Crippen LogP contribution in [-0.2, 0) is 0 Å². The van der Waals surface area contributed by atoms with E-state index in [9.17, 15) is 0 Å². The number of nitrogens with zero attached hydrogens (tertiary/aromatic N) is 2. The summed E-state index contributed by atoms with van der Waals surface area (Å²) in [6, 6.07) is 4.04. The summed E-state index contributed by atoms with van der Waals surface area (Å²) in [4.78, 5) is 4.48. The lowest BCUT2D eigenvalue weighted by Gasteiger charge is -2.21. The van der Waals surface area contributed by atoms with Gasteiger partial charge in [0.2, 0.25) is 0 Å². The first-order valence-corrected chi connectivity index (χ1v) is 6.65. The van der Waals surface area contributed by atoms with E-state index in [1.165, 1.54) is 25.7 Å². The van der Waals surface area contributed by atoms with Crippen LogP contribution in [0.5, 0.6) is 0 Å². The minimum absolute atomic E-state index is 0.0404. The van der Waals surface area contributed by atoms with Crippen molar-refractivity contribution in [3.8, 4) is 0 Å². The molecule has 1 saturated carbocycles. The van der Waals surface area contributed by atoms with Crippen molar-refractivity contribution in [2.45, 2.75) is 31.8 Å². The van der Waals surface area contributed by atoms with Crippen molar-refractivity contribution in [1.82, 2.24) is 9.55 Å². The second kappa shape index (κ2) is 4.58. The Morgan fingerprint density at radius 1 is 1.44 bits per heavy atom. The summed E-state index contributed by atoms with van der Waals surface area (Å²) in [5.74, 6) is 0.584. The molecule has 2 aromatic heterocycles. The SMILES string of the molecule is C=Cc1cn(C(N)C2CCCC2)c2ncccc12. The van der Waals surface area contributed by atoms with Gasteiger partial charge in [-0.1, -0.05) is 25.5 Å². The molecule has 94 valence electrons. The molecule has 0 amide bonds. The van der Waals surface area contributed by atoms with Crippen LogP contribution in [0, 0.1) is 5.92 Å². The molecule has 0 spiro atoms. The number of fused-ring (bicyclic) bond motifs is 1. The average molecular weight is 241 g/mol. The standard InChI is InChI=1S/C15H19N3/c1-2-11-10-18(14(16)12-6-3-4-7-12)15-13(11)8-5-9-17-15/h2,5,8-10,12,14H,1,3-4,6-7,16H2. The lowest BCUT2D eigenvalue weighted by molar-refractivity contribution is 0.351. The number of aromatic nitrogens is 2. The number of hydrogen-bond acceptors (Lipinski definition) is 2. The fraction of sp³-hybridized carbons (Fsp3) is 0.400. The van der Waals surface area contributed by atoms with Crippen LogP contribution in [0.3, 0.4) is 0 Å². The molecule has 0 bridgehead atoms. The van der Waals surface area contributed by atoms with Gasteiger partial charge < -0.3 is 10.3 Å². The van der Waals surface area contributed by atoms with E-state index in [1.54, 1.807) is 0 Å². The van der Waals surface area contributed by atoms with Crippen LogP contribution >= 0.6 is 0 Å². The predicted molar refractivity (Wildman–Crippen MR) is 75.0 cm³/mol. The normalized spacial score (nSPS) is 18.3. The molecule has 0 aliphatic heterocycles. The number of hydrogen-bond donors (Lipinski definition) is 1. The molecule has 3 heteroatoms. The Balaban J connectivity index is 2.08. The molecule has 0 saturated heterocycles. The third kappa shape index (κ3) is 1.75. The number of rotatable bonds is 3. The van der Waals surface area contributed by atoms with Crippen molar-refractivity contribution in [1.29, 1.82) is 0 Å². The molecule has 0 radical (unpaired) electrons. The summed E-state index contributed by atoms with van der Waals surface area (Å²) < 4.78 is 2.13. The first-order valence-electron chi connectivity index (χ1n) is 6.65. The third-order valence-corrected chi connectivity index (χ3v) is 4.04. The molecule has 2 heterocycles. The first-order chi connectivity index (χ1) is 8.81. The van der Waals surface area contributed by atoms with Crippen molar-refractivity contribution in [3.63, 3.8) is 0 Å². The summed E-state index contributed by atoms with van der Waals surface area (Å²) in [5, 5.41) is 1.14. The number of nitrogens with two attached hydrogens (primary N) is 1. The van der Waals surface area contributed by atoms with Gasteiger partial charge in [-0.25, -0.2) is 4.98 Å². The third-order valence-electron chi connectivity index (χ3n) is 4.04. The molecule has 1 unspecified atom stereocenters. The lowest BCUT2D eigenvalue weighted by atomic mass is 10.1. The van der Waals surface area contributed by atoms with Gasteiger partial charge in [-0.15, -0.1) is 0 Å². The zero-order valence-corrected chi connectivity index (χ0v) is 10.5. The summed E-state index contributed by atoms with van der Waals surface area (Å²) >= 11 is 0. The van der Waals surface area contributed by atoms with Gasteiger partial charge in [0, 0.05) is 23.3 Å². The molecule has 2 aromatic rings. The van der Waals surface area contributed by atoms with Crippen LogP contribution in [0.2, 0.25) is 0 Å². The maximum Gasteiger partial charge on any atom is 0.141 e. The van der Waals surface area contributed by atoms with Gasteiger partial charge in [0.15, 0.2) is 0 Å². The molecule has 1 aliphatic carbocycles. The molecule has 1 fully saturated rings. The van der Waals surface area contributed by atoms with E-state index in [0.717, 1.165) is 16.6 Å². The van der Waals surface area contributed by atoms with Crippen LogP contribution < -0.4 is 5.73 Å². The van der Waals surface area contributed by atoms with E-state index >= 15 is 0 Å².